The Balaban J connectivity index is 2.46. The molecule has 0 atom stereocenters. The number of rotatable bonds is 2. The summed E-state index contributed by atoms with van der Waals surface area (Å²) in [7, 11) is 1.63. The van der Waals surface area contributed by atoms with Crippen LogP contribution in [0.4, 0.5) is 34.9 Å². The lowest BCUT2D eigenvalue weighted by Crippen LogP contribution is -2.29. The molecule has 18 heavy (non-hydrogen) atoms. The van der Waals surface area contributed by atoms with Crippen molar-refractivity contribution in [3.05, 3.63) is 6.07 Å². The Morgan fingerprint density at radius 3 is 2.06 bits per heavy atom. The number of nitrogens with two attached hydrogens (primary N) is 5. The minimum Gasteiger partial charge on any atom is -0.393 e. The van der Waals surface area contributed by atoms with Gasteiger partial charge >= 0.3 is 0 Å². The van der Waals surface area contributed by atoms with E-state index in [4.69, 9.17) is 28.7 Å². The third-order valence-corrected chi connectivity index (χ3v) is 2.30. The number of anilines is 6. The zero-order valence-corrected chi connectivity index (χ0v) is 9.70. The van der Waals surface area contributed by atoms with Gasteiger partial charge in [-0.25, -0.2) is 5.01 Å². The van der Waals surface area contributed by atoms with Gasteiger partial charge in [0.2, 0.25) is 5.95 Å². The van der Waals surface area contributed by atoms with Crippen LogP contribution in [-0.4, -0.2) is 26.9 Å². The molecule has 0 aromatic carbocycles. The maximum Gasteiger partial charge on any atom is 0.250 e. The van der Waals surface area contributed by atoms with E-state index < -0.39 is 0 Å². The van der Waals surface area contributed by atoms with Crippen LogP contribution in [0.5, 0.6) is 0 Å². The molecule has 0 unspecified atom stereocenters. The molecule has 0 aliphatic heterocycles. The van der Waals surface area contributed by atoms with Gasteiger partial charge in [-0.3, -0.25) is 0 Å². The molecule has 2 rings (SSSR count). The molecular formula is C8H14N10. The third kappa shape index (κ3) is 1.75. The molecule has 2 aromatic heterocycles. The lowest BCUT2D eigenvalue weighted by Gasteiger charge is -2.18. The molecule has 2 heterocycles. The van der Waals surface area contributed by atoms with E-state index in [0.29, 0.717) is 5.82 Å². The highest BCUT2D eigenvalue weighted by atomic mass is 15.7. The smallest absolute Gasteiger partial charge is 0.250 e. The molecule has 0 radical (unpaired) electrons. The number of hydrogen-bond acceptors (Lipinski definition) is 9. The Labute approximate surface area is 102 Å². The zero-order valence-electron chi connectivity index (χ0n) is 9.70. The topological polar surface area (TPSA) is 177 Å². The highest BCUT2D eigenvalue weighted by Gasteiger charge is 2.14. The molecule has 0 aliphatic rings. The monoisotopic (exact) mass is 250 g/mol. The first-order valence-corrected chi connectivity index (χ1v) is 4.93. The average molecular weight is 250 g/mol. The molecule has 96 valence electrons. The van der Waals surface area contributed by atoms with Gasteiger partial charge in [0.15, 0.2) is 11.6 Å². The molecule has 10 N–H and O–H groups in total. The molecule has 0 fully saturated rings. The van der Waals surface area contributed by atoms with Gasteiger partial charge in [-0.05, 0) is 0 Å². The predicted octanol–water partition coefficient (Wildman–Crippen LogP) is -1.52. The van der Waals surface area contributed by atoms with Crippen LogP contribution in [0.25, 0.3) is 0 Å². The standard InChI is InChI=1S/C8H14N10/c1-17(18-4(10)2-3(9)16-18)8-14-6(12)5(11)7(13)15-8/h2H,10-11H2,1H3,(H2,9,16)(H4,12,13,14,15). The minimum atomic E-state index is 0.0862. The van der Waals surface area contributed by atoms with Gasteiger partial charge in [-0.2, -0.15) is 14.8 Å². The molecule has 0 bridgehead atoms. The van der Waals surface area contributed by atoms with E-state index >= 15 is 0 Å². The van der Waals surface area contributed by atoms with Crippen molar-refractivity contribution in [1.82, 2.24) is 19.9 Å². The summed E-state index contributed by atoms with van der Waals surface area (Å²) in [5, 5.41) is 5.41. The molecule has 0 aliphatic carbocycles. The van der Waals surface area contributed by atoms with Crippen LogP contribution in [-0.2, 0) is 0 Å². The number of aromatic nitrogens is 4. The maximum absolute atomic E-state index is 5.72. The van der Waals surface area contributed by atoms with Crippen molar-refractivity contribution >= 4 is 34.9 Å². The van der Waals surface area contributed by atoms with Gasteiger partial charge in [0.05, 0.1) is 0 Å². The van der Waals surface area contributed by atoms with Gasteiger partial charge in [0, 0.05) is 13.1 Å². The second-order valence-corrected chi connectivity index (χ2v) is 3.61. The van der Waals surface area contributed by atoms with Gasteiger partial charge in [-0.15, -0.1) is 5.10 Å². The van der Waals surface area contributed by atoms with Crippen LogP contribution in [0.1, 0.15) is 0 Å². The van der Waals surface area contributed by atoms with E-state index in [1.54, 1.807) is 7.05 Å². The summed E-state index contributed by atoms with van der Waals surface area (Å²) >= 11 is 0. The Morgan fingerprint density at radius 1 is 1.06 bits per heavy atom. The summed E-state index contributed by atoms with van der Waals surface area (Å²) in [5.41, 5.74) is 28.2. The number of nitrogen functional groups attached to an aromatic ring is 5. The summed E-state index contributed by atoms with van der Waals surface area (Å²) < 4.78 is 0. The first-order valence-electron chi connectivity index (χ1n) is 4.93. The third-order valence-electron chi connectivity index (χ3n) is 2.30. The molecule has 10 nitrogen and oxygen atoms in total. The Hall–Kier alpha value is -2.91. The first-order chi connectivity index (χ1) is 8.40. The van der Waals surface area contributed by atoms with Gasteiger partial charge < -0.3 is 28.7 Å². The van der Waals surface area contributed by atoms with Gasteiger partial charge in [0.1, 0.15) is 17.3 Å². The minimum absolute atomic E-state index is 0.0862. The second kappa shape index (κ2) is 3.84. The second-order valence-electron chi connectivity index (χ2n) is 3.61. The van der Waals surface area contributed by atoms with Gasteiger partial charge in [0.25, 0.3) is 0 Å². The van der Waals surface area contributed by atoms with Crippen molar-refractivity contribution in [2.75, 3.05) is 40.7 Å². The van der Waals surface area contributed by atoms with Crippen molar-refractivity contribution in [2.45, 2.75) is 0 Å². The van der Waals surface area contributed by atoms with Crippen LogP contribution in [0.15, 0.2) is 6.07 Å². The van der Waals surface area contributed by atoms with Crippen LogP contribution in [0.3, 0.4) is 0 Å². The molecule has 0 amide bonds. The highest BCUT2D eigenvalue weighted by Crippen LogP contribution is 2.22. The Morgan fingerprint density at radius 2 is 1.61 bits per heavy atom. The van der Waals surface area contributed by atoms with Crippen molar-refractivity contribution in [3.63, 3.8) is 0 Å². The van der Waals surface area contributed by atoms with Crippen molar-refractivity contribution < 1.29 is 0 Å². The van der Waals surface area contributed by atoms with Crippen molar-refractivity contribution in [3.8, 4) is 0 Å². The van der Waals surface area contributed by atoms with Crippen LogP contribution in [0, 0.1) is 0 Å². The van der Waals surface area contributed by atoms with E-state index in [1.165, 1.54) is 15.9 Å². The van der Waals surface area contributed by atoms with E-state index in [2.05, 4.69) is 15.1 Å². The largest absolute Gasteiger partial charge is 0.393 e. The average Bonchev–Trinajstić information content (AvgIpc) is 2.63. The quantitative estimate of drug-likeness (QED) is 0.423. The summed E-state index contributed by atoms with van der Waals surface area (Å²) in [5.74, 6) is 0.975. The predicted molar refractivity (Wildman–Crippen MR) is 70.1 cm³/mol. The fraction of sp³-hybridized carbons (Fsp3) is 0.125. The Bertz CT molecular complexity index is 565. The summed E-state index contributed by atoms with van der Waals surface area (Å²) in [6, 6.07) is 1.50. The number of nitrogens with zero attached hydrogens (tertiary/aromatic N) is 5. The molecule has 10 heteroatoms. The highest BCUT2D eigenvalue weighted by molar-refractivity contribution is 5.72. The van der Waals surface area contributed by atoms with E-state index in [-0.39, 0.29) is 29.1 Å². The molecule has 0 saturated carbocycles. The van der Waals surface area contributed by atoms with Crippen LogP contribution >= 0.6 is 0 Å². The Kier molecular flexibility index (Phi) is 2.47. The van der Waals surface area contributed by atoms with Gasteiger partial charge in [-0.1, -0.05) is 0 Å². The zero-order chi connectivity index (χ0) is 13.4. The maximum atomic E-state index is 5.72. The summed E-state index contributed by atoms with van der Waals surface area (Å²) in [4.78, 5) is 9.30. The normalized spacial score (nSPS) is 10.5. The summed E-state index contributed by atoms with van der Waals surface area (Å²) in [6.45, 7) is 0. The lowest BCUT2D eigenvalue weighted by molar-refractivity contribution is 0.665. The molecular weight excluding hydrogens is 236 g/mol. The first kappa shape index (κ1) is 11.6. The van der Waals surface area contributed by atoms with Crippen molar-refractivity contribution in [2.24, 2.45) is 0 Å². The fourth-order valence-electron chi connectivity index (χ4n) is 1.37. The van der Waals surface area contributed by atoms with Crippen LogP contribution < -0.4 is 33.7 Å². The molecule has 2 aromatic rings. The van der Waals surface area contributed by atoms with Crippen LogP contribution in [0.2, 0.25) is 0 Å². The SMILES string of the molecule is CN(c1nc(N)c(N)c(N)n1)n1nc(N)cc1N. The molecule has 0 saturated heterocycles. The molecule has 0 spiro atoms. The number of hydrogen-bond donors (Lipinski definition) is 5. The van der Waals surface area contributed by atoms with E-state index in [9.17, 15) is 0 Å². The fourth-order valence-corrected chi connectivity index (χ4v) is 1.37. The van der Waals surface area contributed by atoms with E-state index in [1.807, 2.05) is 0 Å². The summed E-state index contributed by atoms with van der Waals surface area (Å²) in [6.07, 6.45) is 0. The van der Waals surface area contributed by atoms with E-state index in [0.717, 1.165) is 0 Å². The lowest BCUT2D eigenvalue weighted by atomic mass is 10.4. The van der Waals surface area contributed by atoms with Crippen molar-refractivity contribution in [1.29, 1.82) is 0 Å².